The first-order chi connectivity index (χ1) is 15.5. The topological polar surface area (TPSA) is 51.2 Å². The molecule has 3 aromatic rings. The molecule has 4 rings (SSSR count). The van der Waals surface area contributed by atoms with E-state index in [1.54, 1.807) is 25.3 Å². The lowest BCUT2D eigenvalue weighted by molar-refractivity contribution is 0.254. The summed E-state index contributed by atoms with van der Waals surface area (Å²) in [6.07, 6.45) is 0. The highest BCUT2D eigenvalue weighted by molar-refractivity contribution is 8.01. The lowest BCUT2D eigenvalue weighted by Crippen LogP contribution is -2.43. The maximum Gasteiger partial charge on any atom is 0.339 e. The average molecular weight is 475 g/mol. The molecule has 0 aromatic heterocycles. The van der Waals surface area contributed by atoms with E-state index in [9.17, 15) is 9.18 Å². The number of hydrogen-bond acceptors (Lipinski definition) is 5. The molecule has 32 heavy (non-hydrogen) atoms. The molecule has 1 aliphatic rings. The number of amides is 2. The van der Waals surface area contributed by atoms with Gasteiger partial charge in [0.05, 0.1) is 49.2 Å². The predicted molar refractivity (Wildman–Crippen MR) is 124 cm³/mol. The van der Waals surface area contributed by atoms with E-state index in [1.807, 2.05) is 24.3 Å². The van der Waals surface area contributed by atoms with Crippen molar-refractivity contribution in [2.45, 2.75) is 11.4 Å². The quantitative estimate of drug-likeness (QED) is 0.400. The van der Waals surface area contributed by atoms with Gasteiger partial charge in [0.1, 0.15) is 11.6 Å². The van der Waals surface area contributed by atoms with Crippen molar-refractivity contribution < 1.29 is 23.4 Å². The highest BCUT2D eigenvalue weighted by Gasteiger charge is 2.34. The fourth-order valence-electron chi connectivity index (χ4n) is 3.38. The summed E-state index contributed by atoms with van der Waals surface area (Å²) in [5.41, 5.74) is 1.47. The Morgan fingerprint density at radius 1 is 0.969 bits per heavy atom. The Hall–Kier alpha value is -3.10. The molecule has 0 N–H and O–H groups in total. The van der Waals surface area contributed by atoms with Crippen molar-refractivity contribution in [2.75, 3.05) is 30.5 Å². The van der Waals surface area contributed by atoms with Crippen LogP contribution in [0.15, 0.2) is 59.5 Å². The molecule has 3 aromatic carbocycles. The third-order valence-electron chi connectivity index (χ3n) is 5.02. The summed E-state index contributed by atoms with van der Waals surface area (Å²) in [6.45, 7) is -0.0468. The van der Waals surface area contributed by atoms with E-state index < -0.39 is 5.82 Å². The van der Waals surface area contributed by atoms with Crippen LogP contribution in [0.3, 0.4) is 0 Å². The van der Waals surface area contributed by atoms with Gasteiger partial charge in [0, 0.05) is 17.7 Å². The van der Waals surface area contributed by atoms with Crippen molar-refractivity contribution in [3.8, 4) is 17.2 Å². The number of fused-ring (bicyclic) bond motifs is 1. The Labute approximate surface area is 194 Å². The minimum atomic E-state index is -0.546. The first-order valence-electron chi connectivity index (χ1n) is 9.59. The zero-order chi connectivity index (χ0) is 22.8. The maximum atomic E-state index is 14.8. The van der Waals surface area contributed by atoms with Crippen molar-refractivity contribution in [2.24, 2.45) is 0 Å². The van der Waals surface area contributed by atoms with Gasteiger partial charge in [-0.3, -0.25) is 4.90 Å². The van der Waals surface area contributed by atoms with E-state index in [2.05, 4.69) is 0 Å². The largest absolute Gasteiger partial charge is 0.497 e. The number of rotatable bonds is 6. The molecule has 0 bridgehead atoms. The van der Waals surface area contributed by atoms with Gasteiger partial charge in [-0.25, -0.2) is 13.5 Å². The Morgan fingerprint density at radius 3 is 2.41 bits per heavy atom. The number of halogens is 2. The fourth-order valence-corrected chi connectivity index (χ4v) is 4.64. The number of ether oxygens (including phenoxy) is 3. The number of methoxy groups -OCH3 is 3. The Kier molecular flexibility index (Phi) is 6.34. The molecule has 1 aliphatic heterocycles. The van der Waals surface area contributed by atoms with Crippen LogP contribution < -0.4 is 23.4 Å². The van der Waals surface area contributed by atoms with Crippen molar-refractivity contribution in [3.63, 3.8) is 0 Å². The molecule has 0 radical (unpaired) electrons. The van der Waals surface area contributed by atoms with Crippen molar-refractivity contribution >= 4 is 41.0 Å². The predicted octanol–water partition coefficient (Wildman–Crippen LogP) is 6.16. The van der Waals surface area contributed by atoms with Gasteiger partial charge in [-0.1, -0.05) is 23.7 Å². The van der Waals surface area contributed by atoms with Gasteiger partial charge in [-0.15, -0.1) is 0 Å². The van der Waals surface area contributed by atoms with Gasteiger partial charge < -0.3 is 14.2 Å². The van der Waals surface area contributed by atoms with E-state index in [1.165, 1.54) is 47.5 Å². The van der Waals surface area contributed by atoms with Crippen LogP contribution in [0.25, 0.3) is 0 Å². The van der Waals surface area contributed by atoms with E-state index >= 15 is 0 Å². The first-order valence-corrected chi connectivity index (χ1v) is 10.7. The van der Waals surface area contributed by atoms with Crippen LogP contribution in [-0.4, -0.2) is 27.4 Å². The monoisotopic (exact) mass is 474 g/mol. The summed E-state index contributed by atoms with van der Waals surface area (Å²) >= 11 is 7.61. The van der Waals surface area contributed by atoms with Crippen molar-refractivity contribution in [1.29, 1.82) is 0 Å². The number of carbonyl (C=O) groups is 1. The van der Waals surface area contributed by atoms with E-state index in [0.717, 1.165) is 4.90 Å². The lowest BCUT2D eigenvalue weighted by Gasteiger charge is -2.36. The smallest absolute Gasteiger partial charge is 0.339 e. The summed E-state index contributed by atoms with van der Waals surface area (Å²) in [4.78, 5) is 15.9. The van der Waals surface area contributed by atoms with Gasteiger partial charge in [0.25, 0.3) is 0 Å². The van der Waals surface area contributed by atoms with Gasteiger partial charge in [0.2, 0.25) is 0 Å². The second-order valence-electron chi connectivity index (χ2n) is 6.83. The molecular weight excluding hydrogens is 455 g/mol. The van der Waals surface area contributed by atoms with Gasteiger partial charge in [0.15, 0.2) is 11.5 Å². The van der Waals surface area contributed by atoms with E-state index in [-0.39, 0.29) is 23.2 Å². The van der Waals surface area contributed by atoms with Gasteiger partial charge in [-0.2, -0.15) is 0 Å². The second kappa shape index (κ2) is 9.18. The van der Waals surface area contributed by atoms with Crippen LogP contribution >= 0.6 is 23.5 Å². The SMILES string of the molecule is COc1cc(F)c(CN2C(=O)N(c3ccc(OC)c(OC)c3)Sc3ccccc32)c(Cl)c1. The highest BCUT2D eigenvalue weighted by atomic mass is 35.5. The second-order valence-corrected chi connectivity index (χ2v) is 8.23. The van der Waals surface area contributed by atoms with Crippen LogP contribution in [0.4, 0.5) is 20.6 Å². The van der Waals surface area contributed by atoms with Crippen LogP contribution in [0.1, 0.15) is 5.56 Å². The molecule has 0 saturated heterocycles. The molecule has 0 fully saturated rings. The number of urea groups is 1. The molecule has 2 amide bonds. The standard InChI is InChI=1S/C23H20ClFN2O4S/c1-29-15-11-17(24)16(18(25)12-15)13-26-19-6-4-5-7-22(19)32-27(23(26)28)14-8-9-20(30-2)21(10-14)31-3/h4-12H,13H2,1-3H3. The summed E-state index contributed by atoms with van der Waals surface area (Å²) < 4.78 is 32.1. The fraction of sp³-hybridized carbons (Fsp3) is 0.174. The number of carbonyl (C=O) groups excluding carboxylic acids is 1. The molecule has 9 heteroatoms. The molecule has 166 valence electrons. The van der Waals surface area contributed by atoms with E-state index in [4.69, 9.17) is 25.8 Å². The summed E-state index contributed by atoms with van der Waals surface area (Å²) in [5.74, 6) is 0.808. The Balaban J connectivity index is 1.76. The molecule has 0 aliphatic carbocycles. The Bertz CT molecular complexity index is 1150. The number of nitrogens with zero attached hydrogens (tertiary/aromatic N) is 2. The number of anilines is 2. The van der Waals surface area contributed by atoms with Gasteiger partial charge in [-0.05, 0) is 42.3 Å². The third-order valence-corrected chi connectivity index (χ3v) is 6.45. The molecule has 0 spiro atoms. The maximum absolute atomic E-state index is 14.8. The lowest BCUT2D eigenvalue weighted by atomic mass is 10.1. The number of hydrogen-bond donors (Lipinski definition) is 0. The molecule has 0 unspecified atom stereocenters. The van der Waals surface area contributed by atoms with Crippen LogP contribution in [0.5, 0.6) is 17.2 Å². The number of para-hydroxylation sites is 1. The van der Waals surface area contributed by atoms with Crippen LogP contribution in [0, 0.1) is 5.82 Å². The zero-order valence-electron chi connectivity index (χ0n) is 17.6. The van der Waals surface area contributed by atoms with Gasteiger partial charge >= 0.3 is 6.03 Å². The van der Waals surface area contributed by atoms with Crippen molar-refractivity contribution in [1.82, 2.24) is 0 Å². The minimum absolute atomic E-state index is 0.0468. The van der Waals surface area contributed by atoms with E-state index in [0.29, 0.717) is 28.6 Å². The zero-order valence-corrected chi connectivity index (χ0v) is 19.2. The molecule has 0 atom stereocenters. The highest BCUT2D eigenvalue weighted by Crippen LogP contribution is 2.44. The molecule has 6 nitrogen and oxygen atoms in total. The third kappa shape index (κ3) is 4.03. The summed E-state index contributed by atoms with van der Waals surface area (Å²) in [6, 6.07) is 15.1. The normalized spacial score (nSPS) is 13.1. The summed E-state index contributed by atoms with van der Waals surface area (Å²) in [5, 5.41) is 0.183. The summed E-state index contributed by atoms with van der Waals surface area (Å²) in [7, 11) is 4.51. The molecule has 0 saturated carbocycles. The molecular formula is C23H20ClFN2O4S. The van der Waals surface area contributed by atoms with Crippen LogP contribution in [-0.2, 0) is 6.54 Å². The molecule has 1 heterocycles. The Morgan fingerprint density at radius 2 is 1.72 bits per heavy atom. The average Bonchev–Trinajstić information content (AvgIpc) is 2.81. The van der Waals surface area contributed by atoms with Crippen molar-refractivity contribution in [3.05, 3.63) is 71.0 Å². The number of benzene rings is 3. The van der Waals surface area contributed by atoms with Crippen LogP contribution in [0.2, 0.25) is 5.02 Å². The first kappa shape index (κ1) is 22.1. The minimum Gasteiger partial charge on any atom is -0.497 e.